The summed E-state index contributed by atoms with van der Waals surface area (Å²) in [5.41, 5.74) is 0. The number of halogens is 2. The second-order valence-corrected chi connectivity index (χ2v) is 5.37. The predicted octanol–water partition coefficient (Wildman–Crippen LogP) is 2.38. The molecule has 1 atom stereocenters. The van der Waals surface area contributed by atoms with Crippen LogP contribution in [-0.2, 0) is 4.74 Å². The van der Waals surface area contributed by atoms with E-state index in [1.54, 1.807) is 11.8 Å². The van der Waals surface area contributed by atoms with Gasteiger partial charge in [-0.1, -0.05) is 25.6 Å². The zero-order valence-electron chi connectivity index (χ0n) is 10.3. The number of thioether (sulfide) groups is 1. The monoisotopic (exact) mass is 266 g/mol. The van der Waals surface area contributed by atoms with Gasteiger partial charge in [0, 0.05) is 11.8 Å². The molecule has 1 unspecified atom stereocenters. The molecule has 1 heterocycles. The van der Waals surface area contributed by atoms with E-state index < -0.39 is 13.0 Å². The largest absolute Gasteiger partial charge is 0.374 e. The van der Waals surface area contributed by atoms with E-state index in [1.165, 1.54) is 0 Å². The number of aliphatic imine (C=N–C) groups is 1. The van der Waals surface area contributed by atoms with Gasteiger partial charge in [0.2, 0.25) is 0 Å². The summed E-state index contributed by atoms with van der Waals surface area (Å²) in [6, 6.07) is 0.469. The first-order valence-corrected chi connectivity index (χ1v) is 6.88. The minimum absolute atomic E-state index is 0.252. The molecule has 1 N–H and O–H groups in total. The summed E-state index contributed by atoms with van der Waals surface area (Å²) in [5.74, 6) is 1.64. The van der Waals surface area contributed by atoms with E-state index in [4.69, 9.17) is 4.74 Å². The smallest absolute Gasteiger partial charge is 0.261 e. The summed E-state index contributed by atoms with van der Waals surface area (Å²) in [4.78, 5) is 4.31. The second-order valence-electron chi connectivity index (χ2n) is 4.28. The Morgan fingerprint density at radius 2 is 2.29 bits per heavy atom. The highest BCUT2D eigenvalue weighted by molar-refractivity contribution is 8.13. The molecule has 1 rings (SSSR count). The molecule has 0 aromatic carbocycles. The van der Waals surface area contributed by atoms with Crippen molar-refractivity contribution in [1.29, 1.82) is 0 Å². The Kier molecular flexibility index (Phi) is 6.80. The summed E-state index contributed by atoms with van der Waals surface area (Å²) < 4.78 is 28.3. The number of nitrogens with one attached hydrogen (secondary N) is 1. The molecule has 0 aromatic heterocycles. The van der Waals surface area contributed by atoms with Crippen molar-refractivity contribution < 1.29 is 13.5 Å². The van der Waals surface area contributed by atoms with Gasteiger partial charge in [-0.2, -0.15) is 0 Å². The first kappa shape index (κ1) is 14.7. The highest BCUT2D eigenvalue weighted by atomic mass is 32.2. The van der Waals surface area contributed by atoms with Crippen LogP contribution in [0, 0.1) is 5.92 Å². The van der Waals surface area contributed by atoms with Crippen LogP contribution < -0.4 is 5.32 Å². The molecule has 1 saturated heterocycles. The molecule has 0 aromatic rings. The molecule has 1 aliphatic heterocycles. The van der Waals surface area contributed by atoms with E-state index in [2.05, 4.69) is 24.2 Å². The second kappa shape index (κ2) is 7.87. The molecular weight excluding hydrogens is 246 g/mol. The van der Waals surface area contributed by atoms with Crippen LogP contribution in [0.3, 0.4) is 0 Å². The number of ether oxygens (including phenoxy) is 1. The van der Waals surface area contributed by atoms with Crippen molar-refractivity contribution in [1.82, 2.24) is 5.32 Å². The lowest BCUT2D eigenvalue weighted by molar-refractivity contribution is 0.0207. The number of rotatable bonds is 6. The molecule has 3 nitrogen and oxygen atoms in total. The van der Waals surface area contributed by atoms with Crippen LogP contribution in [0.25, 0.3) is 0 Å². The third-order valence-electron chi connectivity index (χ3n) is 2.52. The average Bonchev–Trinajstić information content (AvgIpc) is 2.28. The van der Waals surface area contributed by atoms with Crippen molar-refractivity contribution in [2.24, 2.45) is 10.9 Å². The fourth-order valence-electron chi connectivity index (χ4n) is 1.53. The Hall–Kier alpha value is -0.360. The molecular formula is C11H20F2N2OS. The molecule has 1 aliphatic rings. The van der Waals surface area contributed by atoms with Crippen LogP contribution in [0.5, 0.6) is 0 Å². The van der Waals surface area contributed by atoms with Gasteiger partial charge in [-0.25, -0.2) is 8.78 Å². The number of amidine groups is 1. The van der Waals surface area contributed by atoms with E-state index in [9.17, 15) is 8.78 Å². The summed E-state index contributed by atoms with van der Waals surface area (Å²) in [7, 11) is 0. The lowest BCUT2D eigenvalue weighted by Crippen LogP contribution is -2.41. The predicted molar refractivity (Wildman–Crippen MR) is 68.0 cm³/mol. The van der Waals surface area contributed by atoms with Crippen LogP contribution in [0.15, 0.2) is 4.99 Å². The van der Waals surface area contributed by atoms with Gasteiger partial charge in [0.25, 0.3) is 6.43 Å². The molecule has 1 fully saturated rings. The normalized spacial score (nSPS) is 23.4. The van der Waals surface area contributed by atoms with Gasteiger partial charge < -0.3 is 10.1 Å². The molecule has 0 radical (unpaired) electrons. The molecule has 0 amide bonds. The zero-order chi connectivity index (χ0) is 12.7. The van der Waals surface area contributed by atoms with Gasteiger partial charge in [-0.05, 0) is 12.3 Å². The van der Waals surface area contributed by atoms with Gasteiger partial charge in [-0.15, -0.1) is 0 Å². The van der Waals surface area contributed by atoms with E-state index >= 15 is 0 Å². The molecule has 0 spiro atoms. The topological polar surface area (TPSA) is 33.6 Å². The zero-order valence-corrected chi connectivity index (χ0v) is 11.1. The standard InChI is InChI=1S/C11H20F2N2OS/c1-8(2)9-3-6-17-11(15-9)14-4-5-16-7-10(12)13/h8-10H,3-7H2,1-2H3,(H,14,15). The summed E-state index contributed by atoms with van der Waals surface area (Å²) in [6.07, 6.45) is -1.25. The van der Waals surface area contributed by atoms with Crippen LogP contribution in [-0.4, -0.2) is 43.1 Å². The van der Waals surface area contributed by atoms with Crippen molar-refractivity contribution in [3.05, 3.63) is 0 Å². The third kappa shape index (κ3) is 6.21. The molecule has 0 aliphatic carbocycles. The van der Waals surface area contributed by atoms with Crippen LogP contribution in [0.4, 0.5) is 8.78 Å². The minimum Gasteiger partial charge on any atom is -0.374 e. The number of hydrogen-bond acceptors (Lipinski definition) is 3. The van der Waals surface area contributed by atoms with E-state index in [0.717, 1.165) is 17.3 Å². The quantitative estimate of drug-likeness (QED) is 0.749. The van der Waals surface area contributed by atoms with Crippen molar-refractivity contribution >= 4 is 16.9 Å². The van der Waals surface area contributed by atoms with Gasteiger partial charge in [0.1, 0.15) is 6.61 Å². The maximum atomic E-state index is 11.8. The summed E-state index contributed by atoms with van der Waals surface area (Å²) in [5, 5.41) is 4.27. The lowest BCUT2D eigenvalue weighted by Gasteiger charge is -2.28. The number of hydrogen-bond donors (Lipinski definition) is 1. The Balaban J connectivity index is 2.20. The van der Waals surface area contributed by atoms with Gasteiger partial charge in [0.15, 0.2) is 5.17 Å². The maximum absolute atomic E-state index is 11.8. The van der Waals surface area contributed by atoms with Gasteiger partial charge in [-0.3, -0.25) is 4.99 Å². The Morgan fingerprint density at radius 3 is 2.94 bits per heavy atom. The molecule has 0 saturated carbocycles. The minimum atomic E-state index is -2.39. The fraction of sp³-hybridized carbons (Fsp3) is 0.909. The number of alkyl halides is 2. The highest BCUT2D eigenvalue weighted by Gasteiger charge is 2.19. The fourth-order valence-corrected chi connectivity index (χ4v) is 2.51. The maximum Gasteiger partial charge on any atom is 0.261 e. The molecule has 0 bridgehead atoms. The van der Waals surface area contributed by atoms with E-state index in [1.807, 2.05) is 0 Å². The van der Waals surface area contributed by atoms with Gasteiger partial charge in [0.05, 0.1) is 13.2 Å². The van der Waals surface area contributed by atoms with E-state index in [0.29, 0.717) is 18.5 Å². The van der Waals surface area contributed by atoms with Crippen molar-refractivity contribution in [2.75, 3.05) is 25.5 Å². The first-order valence-electron chi connectivity index (χ1n) is 5.89. The first-order chi connectivity index (χ1) is 8.09. The average molecular weight is 266 g/mol. The Labute approximate surface area is 105 Å². The van der Waals surface area contributed by atoms with E-state index in [-0.39, 0.29) is 6.61 Å². The van der Waals surface area contributed by atoms with Crippen LogP contribution in [0.1, 0.15) is 20.3 Å². The highest BCUT2D eigenvalue weighted by Crippen LogP contribution is 2.18. The van der Waals surface area contributed by atoms with Crippen molar-refractivity contribution in [3.63, 3.8) is 0 Å². The van der Waals surface area contributed by atoms with Gasteiger partial charge >= 0.3 is 0 Å². The van der Waals surface area contributed by atoms with Crippen molar-refractivity contribution in [3.8, 4) is 0 Å². The SMILES string of the molecule is CC(C)C1CCSC(=NCCOCC(F)F)N1. The molecule has 17 heavy (non-hydrogen) atoms. The molecule has 100 valence electrons. The summed E-state index contributed by atoms with van der Waals surface area (Å²) in [6.45, 7) is 4.55. The summed E-state index contributed by atoms with van der Waals surface area (Å²) >= 11 is 1.68. The Morgan fingerprint density at radius 1 is 1.53 bits per heavy atom. The third-order valence-corrected chi connectivity index (χ3v) is 3.48. The van der Waals surface area contributed by atoms with Crippen molar-refractivity contribution in [2.45, 2.75) is 32.7 Å². The molecule has 6 heteroatoms. The van der Waals surface area contributed by atoms with Crippen LogP contribution >= 0.6 is 11.8 Å². The lowest BCUT2D eigenvalue weighted by atomic mass is 10.0. The number of nitrogens with zero attached hydrogens (tertiary/aromatic N) is 1. The Bertz CT molecular complexity index is 250. The van der Waals surface area contributed by atoms with Crippen LogP contribution in [0.2, 0.25) is 0 Å².